The number of rotatable bonds is 6. The predicted molar refractivity (Wildman–Crippen MR) is 107 cm³/mol. The number of hydrogen-bond donors (Lipinski definition) is 0. The molecule has 0 saturated carbocycles. The first-order valence-electron chi connectivity index (χ1n) is 8.00. The second-order valence-corrected chi connectivity index (χ2v) is 6.87. The standard InChI is InChI=1S/C17H26Cl2N2.2ClH/c1-20(12-13-21-9-4-2-3-5-10-21)11-8-15-6-7-16(18)17(19)14-15;;/h6-7,14H,2-5,8-13H2,1H3;2*1H. The monoisotopic (exact) mass is 400 g/mol. The molecule has 23 heavy (non-hydrogen) atoms. The van der Waals surface area contributed by atoms with Crippen LogP contribution in [0.3, 0.4) is 0 Å². The van der Waals surface area contributed by atoms with E-state index in [4.69, 9.17) is 23.2 Å². The molecule has 1 fully saturated rings. The van der Waals surface area contributed by atoms with Gasteiger partial charge in [0.25, 0.3) is 0 Å². The summed E-state index contributed by atoms with van der Waals surface area (Å²) in [5.41, 5.74) is 1.26. The van der Waals surface area contributed by atoms with Crippen molar-refractivity contribution in [1.82, 2.24) is 9.80 Å². The first kappa shape index (κ1) is 23.3. The second kappa shape index (κ2) is 12.6. The third kappa shape index (κ3) is 8.81. The summed E-state index contributed by atoms with van der Waals surface area (Å²) >= 11 is 12.0. The molecule has 1 heterocycles. The van der Waals surface area contributed by atoms with Gasteiger partial charge in [0.05, 0.1) is 10.0 Å². The zero-order valence-electron chi connectivity index (χ0n) is 13.8. The van der Waals surface area contributed by atoms with Crippen LogP contribution in [0.2, 0.25) is 10.0 Å². The van der Waals surface area contributed by atoms with Crippen molar-refractivity contribution in [3.8, 4) is 0 Å². The lowest BCUT2D eigenvalue weighted by Crippen LogP contribution is -2.34. The summed E-state index contributed by atoms with van der Waals surface area (Å²) in [5, 5.41) is 1.29. The van der Waals surface area contributed by atoms with Gasteiger partial charge in [-0.1, -0.05) is 42.1 Å². The van der Waals surface area contributed by atoms with Gasteiger partial charge in [0.2, 0.25) is 0 Å². The highest BCUT2D eigenvalue weighted by Crippen LogP contribution is 2.22. The van der Waals surface area contributed by atoms with Gasteiger partial charge in [-0.2, -0.15) is 0 Å². The Morgan fingerprint density at radius 2 is 1.61 bits per heavy atom. The average molecular weight is 402 g/mol. The van der Waals surface area contributed by atoms with Gasteiger partial charge >= 0.3 is 0 Å². The summed E-state index contributed by atoms with van der Waals surface area (Å²) in [5.74, 6) is 0. The first-order valence-corrected chi connectivity index (χ1v) is 8.75. The molecule has 0 bridgehead atoms. The van der Waals surface area contributed by atoms with Crippen molar-refractivity contribution in [2.24, 2.45) is 0 Å². The van der Waals surface area contributed by atoms with Gasteiger partial charge in [-0.3, -0.25) is 0 Å². The van der Waals surface area contributed by atoms with Gasteiger partial charge in [0, 0.05) is 19.6 Å². The molecule has 0 spiro atoms. The summed E-state index contributed by atoms with van der Waals surface area (Å²) in [7, 11) is 2.20. The van der Waals surface area contributed by atoms with Crippen LogP contribution in [0.1, 0.15) is 31.2 Å². The molecule has 0 atom stereocenters. The highest BCUT2D eigenvalue weighted by atomic mass is 35.5. The Labute approximate surface area is 163 Å². The van der Waals surface area contributed by atoms with Crippen molar-refractivity contribution in [1.29, 1.82) is 0 Å². The molecule has 2 rings (SSSR count). The zero-order chi connectivity index (χ0) is 15.1. The van der Waals surface area contributed by atoms with Gasteiger partial charge in [-0.15, -0.1) is 24.8 Å². The maximum Gasteiger partial charge on any atom is 0.0595 e. The fourth-order valence-corrected chi connectivity index (χ4v) is 3.12. The fourth-order valence-electron chi connectivity index (χ4n) is 2.80. The van der Waals surface area contributed by atoms with Crippen LogP contribution in [0.5, 0.6) is 0 Å². The average Bonchev–Trinajstić information content (AvgIpc) is 2.75. The first-order chi connectivity index (χ1) is 10.1. The van der Waals surface area contributed by atoms with E-state index in [2.05, 4.69) is 22.9 Å². The molecule has 0 amide bonds. The van der Waals surface area contributed by atoms with Crippen LogP contribution in [-0.2, 0) is 6.42 Å². The number of hydrogen-bond acceptors (Lipinski definition) is 2. The maximum absolute atomic E-state index is 6.06. The molecule has 1 saturated heterocycles. The minimum Gasteiger partial charge on any atom is -0.305 e. The van der Waals surface area contributed by atoms with Crippen LogP contribution in [0, 0.1) is 0 Å². The SMILES string of the molecule is CN(CCc1ccc(Cl)c(Cl)c1)CCN1CCCCCC1.Cl.Cl. The van der Waals surface area contributed by atoms with Gasteiger partial charge in [-0.05, 0) is 57.1 Å². The lowest BCUT2D eigenvalue weighted by molar-refractivity contribution is 0.232. The highest BCUT2D eigenvalue weighted by Gasteiger charge is 2.09. The van der Waals surface area contributed by atoms with Crippen LogP contribution < -0.4 is 0 Å². The Hall–Kier alpha value is 0.300. The molecule has 1 aliphatic rings. The van der Waals surface area contributed by atoms with E-state index in [1.165, 1.54) is 50.9 Å². The molecule has 6 heteroatoms. The molecule has 0 unspecified atom stereocenters. The van der Waals surface area contributed by atoms with E-state index in [1.54, 1.807) is 0 Å². The minimum absolute atomic E-state index is 0. The second-order valence-electron chi connectivity index (χ2n) is 6.06. The number of nitrogens with zero attached hydrogens (tertiary/aromatic N) is 2. The van der Waals surface area contributed by atoms with E-state index in [1.807, 2.05) is 12.1 Å². The molecule has 1 aromatic carbocycles. The minimum atomic E-state index is 0. The summed E-state index contributed by atoms with van der Waals surface area (Å²) in [6.07, 6.45) is 6.57. The number of halogens is 4. The van der Waals surface area contributed by atoms with Crippen LogP contribution in [0.4, 0.5) is 0 Å². The van der Waals surface area contributed by atoms with Crippen LogP contribution in [0.15, 0.2) is 18.2 Å². The fraction of sp³-hybridized carbons (Fsp3) is 0.647. The summed E-state index contributed by atoms with van der Waals surface area (Å²) in [6, 6.07) is 5.93. The Morgan fingerprint density at radius 3 is 2.22 bits per heavy atom. The molecular formula is C17H28Cl4N2. The van der Waals surface area contributed by atoms with Crippen LogP contribution >= 0.6 is 48.0 Å². The summed E-state index contributed by atoms with van der Waals surface area (Å²) < 4.78 is 0. The van der Waals surface area contributed by atoms with Crippen molar-refractivity contribution in [3.63, 3.8) is 0 Å². The highest BCUT2D eigenvalue weighted by molar-refractivity contribution is 6.42. The Balaban J connectivity index is 0.00000242. The topological polar surface area (TPSA) is 6.48 Å². The third-order valence-electron chi connectivity index (χ3n) is 4.26. The van der Waals surface area contributed by atoms with Gasteiger partial charge in [0.15, 0.2) is 0 Å². The normalized spacial score (nSPS) is 15.7. The largest absolute Gasteiger partial charge is 0.305 e. The van der Waals surface area contributed by atoms with Crippen molar-refractivity contribution < 1.29 is 0 Å². The molecule has 1 aromatic rings. The van der Waals surface area contributed by atoms with E-state index in [0.717, 1.165) is 19.5 Å². The zero-order valence-corrected chi connectivity index (χ0v) is 16.9. The van der Waals surface area contributed by atoms with Gasteiger partial charge in [-0.25, -0.2) is 0 Å². The smallest absolute Gasteiger partial charge is 0.0595 e. The van der Waals surface area contributed by atoms with E-state index < -0.39 is 0 Å². The summed E-state index contributed by atoms with van der Waals surface area (Å²) in [6.45, 7) is 5.95. The molecule has 134 valence electrons. The van der Waals surface area contributed by atoms with Gasteiger partial charge < -0.3 is 9.80 Å². The van der Waals surface area contributed by atoms with Gasteiger partial charge in [0.1, 0.15) is 0 Å². The quantitative estimate of drug-likeness (QED) is 0.647. The summed E-state index contributed by atoms with van der Waals surface area (Å²) in [4.78, 5) is 5.02. The Kier molecular flexibility index (Phi) is 12.8. The molecule has 0 radical (unpaired) electrons. The molecule has 0 aliphatic carbocycles. The number of likely N-dealkylation sites (tertiary alicyclic amines) is 1. The van der Waals surface area contributed by atoms with Crippen molar-refractivity contribution in [3.05, 3.63) is 33.8 Å². The lowest BCUT2D eigenvalue weighted by Gasteiger charge is -2.24. The van der Waals surface area contributed by atoms with E-state index in [9.17, 15) is 0 Å². The molecule has 2 nitrogen and oxygen atoms in total. The van der Waals surface area contributed by atoms with E-state index in [-0.39, 0.29) is 24.8 Å². The Morgan fingerprint density at radius 1 is 0.957 bits per heavy atom. The third-order valence-corrected chi connectivity index (χ3v) is 5.00. The molecule has 1 aliphatic heterocycles. The van der Waals surface area contributed by atoms with Crippen LogP contribution in [0.25, 0.3) is 0 Å². The van der Waals surface area contributed by atoms with E-state index in [0.29, 0.717) is 10.0 Å². The van der Waals surface area contributed by atoms with Crippen molar-refractivity contribution >= 4 is 48.0 Å². The van der Waals surface area contributed by atoms with Crippen molar-refractivity contribution in [2.45, 2.75) is 32.1 Å². The molecular weight excluding hydrogens is 374 g/mol. The van der Waals surface area contributed by atoms with Crippen molar-refractivity contribution in [2.75, 3.05) is 39.8 Å². The maximum atomic E-state index is 6.06. The molecule has 0 N–H and O–H groups in total. The number of benzene rings is 1. The number of likely N-dealkylation sites (N-methyl/N-ethyl adjacent to an activating group) is 1. The van der Waals surface area contributed by atoms with E-state index >= 15 is 0 Å². The predicted octanol–water partition coefficient (Wildman–Crippen LogP) is 5.19. The lowest BCUT2D eigenvalue weighted by atomic mass is 10.1. The van der Waals surface area contributed by atoms with Crippen LogP contribution in [-0.4, -0.2) is 49.6 Å². The molecule has 0 aromatic heterocycles. The Bertz CT molecular complexity index is 435.